The van der Waals surface area contributed by atoms with Gasteiger partial charge in [-0.25, -0.2) is 0 Å². The fourth-order valence-electron chi connectivity index (χ4n) is 1.97. The van der Waals surface area contributed by atoms with Crippen molar-refractivity contribution in [1.29, 1.82) is 0 Å². The number of anilines is 1. The molecule has 0 unspecified atom stereocenters. The van der Waals surface area contributed by atoms with Gasteiger partial charge in [0, 0.05) is 18.4 Å². The number of nitrogens with zero attached hydrogens (tertiary/aromatic N) is 1. The highest BCUT2D eigenvalue weighted by Gasteiger charge is 2.03. The number of carboxylic acid groups (broad SMARTS) is 1. The van der Waals surface area contributed by atoms with Crippen LogP contribution in [0.25, 0.3) is 10.9 Å². The molecule has 2 aromatic rings. The number of rotatable bonds is 8. The molecule has 4 nitrogen and oxygen atoms in total. The van der Waals surface area contributed by atoms with E-state index in [1.54, 1.807) is 0 Å². The van der Waals surface area contributed by atoms with Gasteiger partial charge in [-0.3, -0.25) is 4.79 Å². The largest absolute Gasteiger partial charge is 0.481 e. The third kappa shape index (κ3) is 4.21. The van der Waals surface area contributed by atoms with Gasteiger partial charge in [-0.2, -0.15) is 4.37 Å². The Morgan fingerprint density at radius 2 is 2.00 bits per heavy atom. The minimum Gasteiger partial charge on any atom is -0.481 e. The zero-order valence-electron chi connectivity index (χ0n) is 10.8. The molecule has 0 aliphatic rings. The normalized spacial score (nSPS) is 10.7. The summed E-state index contributed by atoms with van der Waals surface area (Å²) in [7, 11) is 0. The van der Waals surface area contributed by atoms with Gasteiger partial charge in [-0.1, -0.05) is 25.0 Å². The van der Waals surface area contributed by atoms with E-state index < -0.39 is 5.97 Å². The smallest absolute Gasteiger partial charge is 0.303 e. The van der Waals surface area contributed by atoms with E-state index >= 15 is 0 Å². The van der Waals surface area contributed by atoms with Crippen molar-refractivity contribution in [3.63, 3.8) is 0 Å². The molecule has 0 fully saturated rings. The molecule has 102 valence electrons. The van der Waals surface area contributed by atoms with Gasteiger partial charge >= 0.3 is 5.97 Å². The van der Waals surface area contributed by atoms with E-state index in [4.69, 9.17) is 5.11 Å². The topological polar surface area (TPSA) is 62.2 Å². The number of hydrogen-bond acceptors (Lipinski definition) is 4. The van der Waals surface area contributed by atoms with Crippen molar-refractivity contribution in [2.75, 3.05) is 11.9 Å². The van der Waals surface area contributed by atoms with E-state index in [-0.39, 0.29) is 6.42 Å². The van der Waals surface area contributed by atoms with Crippen LogP contribution in [0, 0.1) is 0 Å². The first-order valence-corrected chi connectivity index (χ1v) is 7.35. The lowest BCUT2D eigenvalue weighted by Gasteiger charge is -2.03. The zero-order chi connectivity index (χ0) is 13.5. The molecule has 0 saturated heterocycles. The molecule has 1 aromatic heterocycles. The second-order valence-corrected chi connectivity index (χ2v) is 5.29. The molecule has 2 N–H and O–H groups in total. The SMILES string of the molecule is O=C(O)CCCCCCNc1snc2ccccc12. The molecule has 2 rings (SSSR count). The maximum absolute atomic E-state index is 10.4. The summed E-state index contributed by atoms with van der Waals surface area (Å²) in [6.07, 6.45) is 4.17. The van der Waals surface area contributed by atoms with Crippen molar-refractivity contribution in [1.82, 2.24) is 4.37 Å². The highest BCUT2D eigenvalue weighted by molar-refractivity contribution is 7.11. The third-order valence-corrected chi connectivity index (χ3v) is 3.82. The molecule has 0 radical (unpaired) electrons. The number of fused-ring (bicyclic) bond motifs is 1. The van der Waals surface area contributed by atoms with Crippen LogP contribution in [-0.2, 0) is 4.79 Å². The minimum atomic E-state index is -0.700. The number of hydrogen-bond donors (Lipinski definition) is 2. The van der Waals surface area contributed by atoms with Gasteiger partial charge in [0.2, 0.25) is 0 Å². The molecule has 0 aliphatic heterocycles. The van der Waals surface area contributed by atoms with Gasteiger partial charge < -0.3 is 10.4 Å². The average molecular weight is 278 g/mol. The number of carboxylic acids is 1. The second kappa shape index (κ2) is 7.09. The Labute approximate surface area is 116 Å². The summed E-state index contributed by atoms with van der Waals surface area (Å²) in [6, 6.07) is 8.11. The fraction of sp³-hybridized carbons (Fsp3) is 0.429. The Balaban J connectivity index is 1.67. The maximum Gasteiger partial charge on any atom is 0.303 e. The number of benzene rings is 1. The lowest BCUT2D eigenvalue weighted by atomic mass is 10.1. The quantitative estimate of drug-likeness (QED) is 0.722. The highest BCUT2D eigenvalue weighted by atomic mass is 32.1. The molecule has 0 spiro atoms. The van der Waals surface area contributed by atoms with Gasteiger partial charge in [0.05, 0.1) is 5.52 Å². The zero-order valence-corrected chi connectivity index (χ0v) is 11.6. The van der Waals surface area contributed by atoms with Crippen LogP contribution in [0.2, 0.25) is 0 Å². The van der Waals surface area contributed by atoms with E-state index in [0.29, 0.717) is 0 Å². The number of nitrogens with one attached hydrogen (secondary N) is 1. The van der Waals surface area contributed by atoms with Gasteiger partial charge in [-0.15, -0.1) is 0 Å². The first-order valence-electron chi connectivity index (χ1n) is 6.57. The average Bonchev–Trinajstić information content (AvgIpc) is 2.81. The second-order valence-electron chi connectivity index (χ2n) is 4.51. The van der Waals surface area contributed by atoms with Gasteiger partial charge in [0.25, 0.3) is 0 Å². The fourth-order valence-corrected chi connectivity index (χ4v) is 2.76. The van der Waals surface area contributed by atoms with Crippen LogP contribution in [0.1, 0.15) is 32.1 Å². The van der Waals surface area contributed by atoms with Crippen LogP contribution >= 0.6 is 11.5 Å². The molecule has 0 saturated carbocycles. The highest BCUT2D eigenvalue weighted by Crippen LogP contribution is 2.27. The van der Waals surface area contributed by atoms with Gasteiger partial charge in [0.1, 0.15) is 5.00 Å². The summed E-state index contributed by atoms with van der Waals surface area (Å²) in [5.74, 6) is -0.700. The Morgan fingerprint density at radius 3 is 2.84 bits per heavy atom. The first-order chi connectivity index (χ1) is 9.27. The Morgan fingerprint density at radius 1 is 1.21 bits per heavy atom. The van der Waals surface area contributed by atoms with Crippen LogP contribution in [0.4, 0.5) is 5.00 Å². The summed E-state index contributed by atoms with van der Waals surface area (Å²) in [5.41, 5.74) is 1.04. The lowest BCUT2D eigenvalue weighted by molar-refractivity contribution is -0.137. The van der Waals surface area contributed by atoms with Crippen molar-refractivity contribution in [2.45, 2.75) is 32.1 Å². The van der Waals surface area contributed by atoms with Crippen molar-refractivity contribution in [3.8, 4) is 0 Å². The molecule has 0 bridgehead atoms. The Kier molecular flexibility index (Phi) is 5.15. The maximum atomic E-state index is 10.4. The molecular weight excluding hydrogens is 260 g/mol. The Bertz CT molecular complexity index is 539. The number of unbranched alkanes of at least 4 members (excludes halogenated alkanes) is 3. The first kappa shape index (κ1) is 13.8. The monoisotopic (exact) mass is 278 g/mol. The summed E-state index contributed by atoms with van der Waals surface area (Å²) >= 11 is 1.50. The van der Waals surface area contributed by atoms with Crippen LogP contribution in [-0.4, -0.2) is 22.0 Å². The van der Waals surface area contributed by atoms with Gasteiger partial charge in [0.15, 0.2) is 0 Å². The third-order valence-electron chi connectivity index (χ3n) is 2.99. The minimum absolute atomic E-state index is 0.285. The molecule has 0 amide bonds. The summed E-state index contributed by atoms with van der Waals surface area (Å²) in [6.45, 7) is 0.916. The summed E-state index contributed by atoms with van der Waals surface area (Å²) in [4.78, 5) is 10.4. The molecule has 5 heteroatoms. The van der Waals surface area contributed by atoms with E-state index in [9.17, 15) is 4.79 Å². The lowest BCUT2D eigenvalue weighted by Crippen LogP contribution is -2.00. The van der Waals surface area contributed by atoms with Crippen molar-refractivity contribution >= 4 is 33.4 Å². The van der Waals surface area contributed by atoms with E-state index in [2.05, 4.69) is 15.8 Å². The van der Waals surface area contributed by atoms with E-state index in [1.807, 2.05) is 18.2 Å². The van der Waals surface area contributed by atoms with Gasteiger partial charge in [-0.05, 0) is 36.5 Å². The summed E-state index contributed by atoms with van der Waals surface area (Å²) < 4.78 is 4.38. The predicted octanol–water partition coefficient (Wildman–Crippen LogP) is 3.74. The molecular formula is C14H18N2O2S. The number of carbonyl (C=O) groups is 1. The standard InChI is InChI=1S/C14H18N2O2S/c17-13(18)9-3-1-2-6-10-15-14-11-7-4-5-8-12(11)16-19-14/h4-5,7-8,15H,1-3,6,9-10H2,(H,17,18). The molecule has 1 heterocycles. The molecule has 0 atom stereocenters. The summed E-state index contributed by atoms with van der Waals surface area (Å²) in [5, 5.41) is 14.2. The molecule has 19 heavy (non-hydrogen) atoms. The molecule has 0 aliphatic carbocycles. The van der Waals surface area contributed by atoms with Crippen molar-refractivity contribution in [3.05, 3.63) is 24.3 Å². The van der Waals surface area contributed by atoms with Crippen LogP contribution < -0.4 is 5.32 Å². The predicted molar refractivity (Wildman–Crippen MR) is 78.8 cm³/mol. The number of aliphatic carboxylic acids is 1. The number of aromatic nitrogens is 1. The van der Waals surface area contributed by atoms with Crippen LogP contribution in [0.3, 0.4) is 0 Å². The van der Waals surface area contributed by atoms with E-state index in [0.717, 1.165) is 42.7 Å². The molecule has 1 aromatic carbocycles. The van der Waals surface area contributed by atoms with Crippen molar-refractivity contribution in [2.24, 2.45) is 0 Å². The van der Waals surface area contributed by atoms with E-state index in [1.165, 1.54) is 16.9 Å². The van der Waals surface area contributed by atoms with Crippen LogP contribution in [0.5, 0.6) is 0 Å². The van der Waals surface area contributed by atoms with Crippen LogP contribution in [0.15, 0.2) is 24.3 Å². The Hall–Kier alpha value is -1.62. The van der Waals surface area contributed by atoms with Crippen molar-refractivity contribution < 1.29 is 9.90 Å².